The van der Waals surface area contributed by atoms with Crippen LogP contribution >= 0.6 is 0 Å². The molecule has 0 N–H and O–H groups in total. The molecule has 0 radical (unpaired) electrons. The Hall–Kier alpha value is -2.20. The van der Waals surface area contributed by atoms with Crippen LogP contribution in [-0.4, -0.2) is 29.0 Å². The molecule has 1 aliphatic heterocycles. The Labute approximate surface area is 124 Å². The molecule has 0 unspecified atom stereocenters. The highest BCUT2D eigenvalue weighted by atomic mass is 16.6. The first-order chi connectivity index (χ1) is 10.2. The second-order valence-corrected chi connectivity index (χ2v) is 5.55. The van der Waals surface area contributed by atoms with Gasteiger partial charge in [0.25, 0.3) is 0 Å². The summed E-state index contributed by atoms with van der Waals surface area (Å²) in [5.74, 6) is -0.0232. The fraction of sp³-hybridized carbons (Fsp3) is 0.294. The van der Waals surface area contributed by atoms with Crippen molar-refractivity contribution < 1.29 is 4.92 Å². The molecule has 21 heavy (non-hydrogen) atoms. The zero-order valence-corrected chi connectivity index (χ0v) is 11.8. The van der Waals surface area contributed by atoms with Gasteiger partial charge in [0.05, 0.1) is 12.5 Å². The van der Waals surface area contributed by atoms with Crippen LogP contribution in [0.25, 0.3) is 0 Å². The molecule has 4 nitrogen and oxygen atoms in total. The van der Waals surface area contributed by atoms with E-state index in [0.717, 1.165) is 18.7 Å². The van der Waals surface area contributed by atoms with E-state index in [4.69, 9.17) is 0 Å². The Kier molecular flexibility index (Phi) is 3.97. The lowest BCUT2D eigenvalue weighted by atomic mass is 9.95. The van der Waals surface area contributed by atoms with E-state index in [1.165, 1.54) is 5.56 Å². The van der Waals surface area contributed by atoms with Crippen LogP contribution in [-0.2, 0) is 6.54 Å². The van der Waals surface area contributed by atoms with E-state index < -0.39 is 6.04 Å². The van der Waals surface area contributed by atoms with Gasteiger partial charge in [-0.25, -0.2) is 0 Å². The molecular formula is C17H18N2O2. The van der Waals surface area contributed by atoms with Crippen molar-refractivity contribution in [2.75, 3.05) is 13.1 Å². The van der Waals surface area contributed by atoms with Gasteiger partial charge in [-0.2, -0.15) is 0 Å². The van der Waals surface area contributed by atoms with Gasteiger partial charge in [0.2, 0.25) is 6.04 Å². The van der Waals surface area contributed by atoms with Crippen LogP contribution in [0.2, 0.25) is 0 Å². The third kappa shape index (κ3) is 3.11. The highest BCUT2D eigenvalue weighted by Gasteiger charge is 2.41. The van der Waals surface area contributed by atoms with Gasteiger partial charge in [0.15, 0.2) is 0 Å². The maximum atomic E-state index is 11.4. The molecule has 1 heterocycles. The Morgan fingerprint density at radius 1 is 1.00 bits per heavy atom. The minimum absolute atomic E-state index is 0.0232. The smallest absolute Gasteiger partial charge is 0.233 e. The first kappa shape index (κ1) is 13.8. The molecule has 0 saturated carbocycles. The first-order valence-electron chi connectivity index (χ1n) is 7.19. The van der Waals surface area contributed by atoms with Crippen LogP contribution in [0.1, 0.15) is 17.0 Å². The Balaban J connectivity index is 1.77. The second kappa shape index (κ2) is 6.06. The van der Waals surface area contributed by atoms with Crippen LogP contribution in [0, 0.1) is 10.1 Å². The van der Waals surface area contributed by atoms with Gasteiger partial charge < -0.3 is 0 Å². The predicted octanol–water partition coefficient (Wildman–Crippen LogP) is 2.93. The number of likely N-dealkylation sites (tertiary alicyclic amines) is 1. The van der Waals surface area contributed by atoms with Gasteiger partial charge in [-0.1, -0.05) is 60.7 Å². The van der Waals surface area contributed by atoms with Crippen molar-refractivity contribution >= 4 is 0 Å². The van der Waals surface area contributed by atoms with E-state index in [-0.39, 0.29) is 10.8 Å². The molecule has 0 aliphatic carbocycles. The normalized spacial score (nSPS) is 22.3. The number of nitrogens with zero attached hydrogens (tertiary/aromatic N) is 2. The fourth-order valence-electron chi connectivity index (χ4n) is 3.08. The molecule has 2 aromatic rings. The lowest BCUT2D eigenvalue weighted by molar-refractivity contribution is -0.521. The number of hydrogen-bond donors (Lipinski definition) is 0. The molecule has 2 atom stereocenters. The molecule has 4 heteroatoms. The zero-order valence-electron chi connectivity index (χ0n) is 11.8. The third-order valence-corrected chi connectivity index (χ3v) is 4.11. The Morgan fingerprint density at radius 3 is 2.24 bits per heavy atom. The van der Waals surface area contributed by atoms with Gasteiger partial charge in [-0.15, -0.1) is 0 Å². The van der Waals surface area contributed by atoms with E-state index in [9.17, 15) is 10.1 Å². The number of hydrogen-bond acceptors (Lipinski definition) is 3. The topological polar surface area (TPSA) is 46.4 Å². The minimum atomic E-state index is -0.517. The average molecular weight is 282 g/mol. The third-order valence-electron chi connectivity index (χ3n) is 4.11. The molecule has 0 bridgehead atoms. The van der Waals surface area contributed by atoms with Crippen LogP contribution in [0.15, 0.2) is 60.7 Å². The standard InChI is InChI=1S/C17H18N2O2/c20-19(21)17-13-18(11-14-7-3-1-4-8-14)12-16(17)15-9-5-2-6-10-15/h1-10,16-17H,11-13H2/t16-,17+/m1/s1. The van der Waals surface area contributed by atoms with E-state index in [0.29, 0.717) is 6.54 Å². The summed E-state index contributed by atoms with van der Waals surface area (Å²) in [6.07, 6.45) is 0. The maximum absolute atomic E-state index is 11.4. The molecule has 1 aliphatic rings. The zero-order chi connectivity index (χ0) is 14.7. The average Bonchev–Trinajstić information content (AvgIpc) is 2.93. The van der Waals surface area contributed by atoms with Crippen molar-refractivity contribution in [2.24, 2.45) is 0 Å². The molecule has 0 aromatic heterocycles. The van der Waals surface area contributed by atoms with Crippen LogP contribution in [0.5, 0.6) is 0 Å². The highest BCUT2D eigenvalue weighted by Crippen LogP contribution is 2.30. The van der Waals surface area contributed by atoms with Gasteiger partial charge >= 0.3 is 0 Å². The molecule has 0 spiro atoms. The summed E-state index contributed by atoms with van der Waals surface area (Å²) in [6.45, 7) is 2.03. The number of nitro groups is 1. The summed E-state index contributed by atoms with van der Waals surface area (Å²) < 4.78 is 0. The summed E-state index contributed by atoms with van der Waals surface area (Å²) in [7, 11) is 0. The lowest BCUT2D eigenvalue weighted by Crippen LogP contribution is -2.28. The van der Waals surface area contributed by atoms with Crippen molar-refractivity contribution in [1.82, 2.24) is 4.90 Å². The van der Waals surface area contributed by atoms with Gasteiger partial charge in [-0.3, -0.25) is 15.0 Å². The van der Waals surface area contributed by atoms with Crippen molar-refractivity contribution in [3.63, 3.8) is 0 Å². The van der Waals surface area contributed by atoms with Gasteiger partial charge in [-0.05, 0) is 11.1 Å². The molecule has 2 aromatic carbocycles. The van der Waals surface area contributed by atoms with E-state index in [1.54, 1.807) is 0 Å². The monoisotopic (exact) mass is 282 g/mol. The van der Waals surface area contributed by atoms with Crippen molar-refractivity contribution in [3.05, 3.63) is 81.9 Å². The molecule has 108 valence electrons. The molecule has 1 saturated heterocycles. The Bertz CT molecular complexity index is 601. The van der Waals surface area contributed by atoms with Crippen molar-refractivity contribution in [3.8, 4) is 0 Å². The van der Waals surface area contributed by atoms with Gasteiger partial charge in [0, 0.05) is 18.0 Å². The quantitative estimate of drug-likeness (QED) is 0.640. The number of benzene rings is 2. The minimum Gasteiger partial charge on any atom is -0.292 e. The van der Waals surface area contributed by atoms with E-state index >= 15 is 0 Å². The predicted molar refractivity (Wildman–Crippen MR) is 81.7 cm³/mol. The van der Waals surface area contributed by atoms with E-state index in [2.05, 4.69) is 17.0 Å². The van der Waals surface area contributed by atoms with E-state index in [1.807, 2.05) is 48.5 Å². The molecule has 3 rings (SSSR count). The fourth-order valence-corrected chi connectivity index (χ4v) is 3.08. The number of rotatable bonds is 4. The van der Waals surface area contributed by atoms with Crippen molar-refractivity contribution in [2.45, 2.75) is 18.5 Å². The van der Waals surface area contributed by atoms with Crippen molar-refractivity contribution in [1.29, 1.82) is 0 Å². The summed E-state index contributed by atoms with van der Waals surface area (Å²) >= 11 is 0. The summed E-state index contributed by atoms with van der Waals surface area (Å²) in [5.41, 5.74) is 2.27. The summed E-state index contributed by atoms with van der Waals surface area (Å²) in [5, 5.41) is 11.4. The molecule has 0 amide bonds. The maximum Gasteiger partial charge on any atom is 0.233 e. The second-order valence-electron chi connectivity index (χ2n) is 5.55. The van der Waals surface area contributed by atoms with Gasteiger partial charge in [0.1, 0.15) is 0 Å². The molecule has 1 fully saturated rings. The Morgan fingerprint density at radius 2 is 1.62 bits per heavy atom. The largest absolute Gasteiger partial charge is 0.292 e. The van der Waals surface area contributed by atoms with Crippen LogP contribution in [0.4, 0.5) is 0 Å². The molecular weight excluding hydrogens is 264 g/mol. The van der Waals surface area contributed by atoms with Crippen LogP contribution < -0.4 is 0 Å². The first-order valence-corrected chi connectivity index (χ1v) is 7.19. The lowest BCUT2D eigenvalue weighted by Gasteiger charge is -2.15. The van der Waals surface area contributed by atoms with Crippen LogP contribution in [0.3, 0.4) is 0 Å². The SMILES string of the molecule is O=[N+]([O-])[C@H]1CN(Cc2ccccc2)C[C@@H]1c1ccccc1. The summed E-state index contributed by atoms with van der Waals surface area (Å²) in [4.78, 5) is 13.4. The highest BCUT2D eigenvalue weighted by molar-refractivity contribution is 5.23. The summed E-state index contributed by atoms with van der Waals surface area (Å²) in [6, 6.07) is 19.4.